The molecule has 0 atom stereocenters. The number of carbonyl (C=O) groups excluding carboxylic acids is 1. The summed E-state index contributed by atoms with van der Waals surface area (Å²) in [7, 11) is 0. The summed E-state index contributed by atoms with van der Waals surface area (Å²) in [5.41, 5.74) is 0.248. The molecule has 0 aromatic heterocycles. The number of allylic oxidation sites excluding steroid dienone is 1. The van der Waals surface area contributed by atoms with Gasteiger partial charge < -0.3 is 5.32 Å². The molecule has 0 saturated carbocycles. The van der Waals surface area contributed by atoms with Crippen LogP contribution in [0.4, 0.5) is 0 Å². The van der Waals surface area contributed by atoms with Crippen molar-refractivity contribution in [1.82, 2.24) is 5.32 Å². The van der Waals surface area contributed by atoms with Gasteiger partial charge >= 0.3 is 0 Å². The Labute approximate surface area is 59.3 Å². The second-order valence-electron chi connectivity index (χ2n) is 2.13. The second-order valence-corrected chi connectivity index (χ2v) is 2.13. The summed E-state index contributed by atoms with van der Waals surface area (Å²) in [6.45, 7) is 0.681. The molecule has 0 fully saturated rings. The summed E-state index contributed by atoms with van der Waals surface area (Å²) >= 11 is 0. The van der Waals surface area contributed by atoms with Crippen molar-refractivity contribution in [2.75, 3.05) is 6.54 Å². The van der Waals surface area contributed by atoms with Gasteiger partial charge in [-0.3, -0.25) is 4.79 Å². The van der Waals surface area contributed by atoms with E-state index in [1.54, 1.807) is 6.08 Å². The predicted octanol–water partition coefficient (Wildman–Crippen LogP) is 0.346. The molecule has 1 amide bonds. The van der Waals surface area contributed by atoms with Crippen molar-refractivity contribution < 1.29 is 4.79 Å². The number of hydrogen-bond acceptors (Lipinski definition) is 2. The van der Waals surface area contributed by atoms with Crippen LogP contribution in [0.25, 0.3) is 0 Å². The van der Waals surface area contributed by atoms with Crippen LogP contribution in [0.5, 0.6) is 0 Å². The first kappa shape index (κ1) is 6.81. The maximum Gasteiger partial charge on any atom is 0.261 e. The monoisotopic (exact) mass is 136 g/mol. The number of carbonyl (C=O) groups is 1. The Morgan fingerprint density at radius 2 is 2.50 bits per heavy atom. The maximum absolute atomic E-state index is 10.8. The Morgan fingerprint density at radius 3 is 3.20 bits per heavy atom. The lowest BCUT2D eigenvalue weighted by molar-refractivity contribution is -0.117. The van der Waals surface area contributed by atoms with E-state index in [1.807, 2.05) is 6.07 Å². The first-order valence-electron chi connectivity index (χ1n) is 3.23. The summed E-state index contributed by atoms with van der Waals surface area (Å²) in [4.78, 5) is 10.8. The van der Waals surface area contributed by atoms with E-state index in [4.69, 9.17) is 5.26 Å². The van der Waals surface area contributed by atoms with E-state index in [-0.39, 0.29) is 11.5 Å². The first-order chi connectivity index (χ1) is 4.84. The maximum atomic E-state index is 10.8. The van der Waals surface area contributed by atoms with Gasteiger partial charge in [0.1, 0.15) is 11.6 Å². The Hall–Kier alpha value is -1.30. The SMILES string of the molecule is N#CC1=CCCCNC1=O. The fraction of sp³-hybridized carbons (Fsp3) is 0.429. The van der Waals surface area contributed by atoms with E-state index in [1.165, 1.54) is 0 Å². The predicted molar refractivity (Wildman–Crippen MR) is 35.9 cm³/mol. The van der Waals surface area contributed by atoms with Gasteiger partial charge in [-0.15, -0.1) is 0 Å². The van der Waals surface area contributed by atoms with Crippen molar-refractivity contribution in [3.63, 3.8) is 0 Å². The topological polar surface area (TPSA) is 52.9 Å². The summed E-state index contributed by atoms with van der Waals surface area (Å²) in [6, 6.07) is 1.84. The van der Waals surface area contributed by atoms with E-state index >= 15 is 0 Å². The van der Waals surface area contributed by atoms with Gasteiger partial charge in [0, 0.05) is 6.54 Å². The lowest BCUT2D eigenvalue weighted by Crippen LogP contribution is -2.23. The van der Waals surface area contributed by atoms with E-state index in [2.05, 4.69) is 5.32 Å². The van der Waals surface area contributed by atoms with Crippen LogP contribution in [0, 0.1) is 11.3 Å². The molecule has 0 aromatic rings. The minimum absolute atomic E-state index is 0.236. The lowest BCUT2D eigenvalue weighted by atomic mass is 10.2. The molecular weight excluding hydrogens is 128 g/mol. The quantitative estimate of drug-likeness (QED) is 0.522. The molecule has 3 heteroatoms. The van der Waals surface area contributed by atoms with Crippen LogP contribution in [0.15, 0.2) is 11.6 Å². The molecule has 0 spiro atoms. The van der Waals surface area contributed by atoms with Crippen LogP contribution < -0.4 is 5.32 Å². The van der Waals surface area contributed by atoms with Crippen molar-refractivity contribution in [3.05, 3.63) is 11.6 Å². The standard InChI is InChI=1S/C7H8N2O/c8-5-6-3-1-2-4-9-7(6)10/h3H,1-2,4H2,(H,9,10). The largest absolute Gasteiger partial charge is 0.351 e. The molecule has 1 rings (SSSR count). The average Bonchev–Trinajstić information content (AvgIpc) is 2.13. The average molecular weight is 136 g/mol. The van der Waals surface area contributed by atoms with E-state index in [9.17, 15) is 4.79 Å². The van der Waals surface area contributed by atoms with Gasteiger partial charge in [-0.2, -0.15) is 5.26 Å². The van der Waals surface area contributed by atoms with Crippen molar-refractivity contribution >= 4 is 5.91 Å². The van der Waals surface area contributed by atoms with Gasteiger partial charge in [0.05, 0.1) is 0 Å². The number of nitriles is 1. The highest BCUT2D eigenvalue weighted by molar-refractivity contribution is 5.97. The van der Waals surface area contributed by atoms with Crippen molar-refractivity contribution in [2.24, 2.45) is 0 Å². The van der Waals surface area contributed by atoms with Crippen LogP contribution >= 0.6 is 0 Å². The zero-order valence-corrected chi connectivity index (χ0v) is 5.55. The summed E-state index contributed by atoms with van der Waals surface area (Å²) in [5, 5.41) is 11.0. The van der Waals surface area contributed by atoms with E-state index in [0.717, 1.165) is 12.8 Å². The van der Waals surface area contributed by atoms with E-state index < -0.39 is 0 Å². The normalized spacial score (nSPS) is 18.3. The molecule has 52 valence electrons. The molecule has 0 aromatic carbocycles. The van der Waals surface area contributed by atoms with Crippen LogP contribution in [0.1, 0.15) is 12.8 Å². The number of nitrogens with one attached hydrogen (secondary N) is 1. The zero-order chi connectivity index (χ0) is 7.40. The Balaban J connectivity index is 2.74. The molecular formula is C7H8N2O. The van der Waals surface area contributed by atoms with E-state index in [0.29, 0.717) is 6.54 Å². The lowest BCUT2D eigenvalue weighted by Gasteiger charge is -1.95. The minimum atomic E-state index is -0.236. The molecule has 1 aliphatic heterocycles. The smallest absolute Gasteiger partial charge is 0.261 e. The number of hydrogen-bond donors (Lipinski definition) is 1. The van der Waals surface area contributed by atoms with Crippen molar-refractivity contribution in [1.29, 1.82) is 5.26 Å². The van der Waals surface area contributed by atoms with Gasteiger partial charge in [-0.1, -0.05) is 6.08 Å². The molecule has 1 aliphatic rings. The molecule has 3 nitrogen and oxygen atoms in total. The molecule has 0 radical (unpaired) electrons. The molecule has 0 saturated heterocycles. The fourth-order valence-corrected chi connectivity index (χ4v) is 0.835. The molecule has 10 heavy (non-hydrogen) atoms. The van der Waals surface area contributed by atoms with Crippen molar-refractivity contribution in [3.8, 4) is 6.07 Å². The fourth-order valence-electron chi connectivity index (χ4n) is 0.835. The van der Waals surface area contributed by atoms with Crippen LogP contribution in [0.2, 0.25) is 0 Å². The minimum Gasteiger partial charge on any atom is -0.351 e. The number of rotatable bonds is 0. The highest BCUT2D eigenvalue weighted by Crippen LogP contribution is 2.01. The van der Waals surface area contributed by atoms with Crippen LogP contribution in [0.3, 0.4) is 0 Å². The first-order valence-corrected chi connectivity index (χ1v) is 3.23. The highest BCUT2D eigenvalue weighted by Gasteiger charge is 2.09. The highest BCUT2D eigenvalue weighted by atomic mass is 16.1. The second kappa shape index (κ2) is 3.02. The molecule has 0 aliphatic carbocycles. The van der Waals surface area contributed by atoms with Gasteiger partial charge in [-0.25, -0.2) is 0 Å². The Bertz CT molecular complexity index is 212. The molecule has 0 unspecified atom stereocenters. The Morgan fingerprint density at radius 1 is 1.70 bits per heavy atom. The molecule has 1 N–H and O–H groups in total. The number of amides is 1. The van der Waals surface area contributed by atoms with Crippen LogP contribution in [-0.2, 0) is 4.79 Å². The van der Waals surface area contributed by atoms with Gasteiger partial charge in [0.25, 0.3) is 5.91 Å². The third kappa shape index (κ3) is 1.35. The van der Waals surface area contributed by atoms with Crippen molar-refractivity contribution in [2.45, 2.75) is 12.8 Å². The molecule has 1 heterocycles. The Kier molecular flexibility index (Phi) is 2.06. The molecule has 0 bridgehead atoms. The zero-order valence-electron chi connectivity index (χ0n) is 5.55. The summed E-state index contributed by atoms with van der Waals surface area (Å²) < 4.78 is 0. The van der Waals surface area contributed by atoms with Gasteiger partial charge in [0.15, 0.2) is 0 Å². The summed E-state index contributed by atoms with van der Waals surface area (Å²) in [6.07, 6.45) is 3.43. The third-order valence-electron chi connectivity index (χ3n) is 1.38. The van der Waals surface area contributed by atoms with Crippen LogP contribution in [-0.4, -0.2) is 12.5 Å². The number of nitrogens with zero attached hydrogens (tertiary/aromatic N) is 1. The van der Waals surface area contributed by atoms with Gasteiger partial charge in [0.2, 0.25) is 0 Å². The third-order valence-corrected chi connectivity index (χ3v) is 1.38. The summed E-state index contributed by atoms with van der Waals surface area (Å²) in [5.74, 6) is -0.236. The van der Waals surface area contributed by atoms with Gasteiger partial charge in [-0.05, 0) is 12.8 Å².